The summed E-state index contributed by atoms with van der Waals surface area (Å²) in [5.74, 6) is -0.301. The first kappa shape index (κ1) is 17.6. The van der Waals surface area contributed by atoms with Gasteiger partial charge in [0.2, 0.25) is 10.0 Å². The smallest absolute Gasteiger partial charge is 0.252 e. The Morgan fingerprint density at radius 3 is 2.52 bits per heavy atom. The fraction of sp³-hybridized carbons (Fsp3) is 0.333. The van der Waals surface area contributed by atoms with Crippen molar-refractivity contribution in [2.24, 2.45) is 0 Å². The highest BCUT2D eigenvalue weighted by atomic mass is 32.2. The first-order valence-electron chi connectivity index (χ1n) is 8.20. The third-order valence-electron chi connectivity index (χ3n) is 4.22. The average molecular weight is 359 g/mol. The molecule has 1 atom stereocenters. The van der Waals surface area contributed by atoms with Gasteiger partial charge in [-0.2, -0.15) is 0 Å². The third-order valence-corrected chi connectivity index (χ3v) is 5.74. The predicted octanol–water partition coefficient (Wildman–Crippen LogP) is 2.32. The summed E-state index contributed by atoms with van der Waals surface area (Å²) in [5.41, 5.74) is 2.02. The molecule has 1 aliphatic carbocycles. The van der Waals surface area contributed by atoms with E-state index in [1.807, 2.05) is 19.1 Å². The summed E-state index contributed by atoms with van der Waals surface area (Å²) in [6.07, 6.45) is 5.06. The number of amides is 1. The van der Waals surface area contributed by atoms with Crippen molar-refractivity contribution >= 4 is 15.9 Å². The van der Waals surface area contributed by atoms with Gasteiger partial charge in [0.05, 0.1) is 10.9 Å². The number of nitrogens with one attached hydrogen (secondary N) is 2. The van der Waals surface area contributed by atoms with Gasteiger partial charge < -0.3 is 5.32 Å². The molecule has 1 heterocycles. The second-order valence-electron chi connectivity index (χ2n) is 6.35. The van der Waals surface area contributed by atoms with E-state index in [9.17, 15) is 13.2 Å². The van der Waals surface area contributed by atoms with E-state index >= 15 is 0 Å². The summed E-state index contributed by atoms with van der Waals surface area (Å²) in [7, 11) is -3.59. The summed E-state index contributed by atoms with van der Waals surface area (Å²) >= 11 is 0. The Morgan fingerprint density at radius 1 is 1.20 bits per heavy atom. The third kappa shape index (κ3) is 4.24. The number of carbonyl (C=O) groups is 1. The van der Waals surface area contributed by atoms with Gasteiger partial charge in [-0.3, -0.25) is 9.78 Å². The SMILES string of the molecule is Cc1ccc(S(=O)(=O)NC2CC2)cc1C(=O)NC(C)c1ccncc1. The quantitative estimate of drug-likeness (QED) is 0.828. The standard InChI is InChI=1S/C18H21N3O3S/c1-12-3-6-16(25(23,24)21-15-4-5-15)11-17(12)18(22)20-13(2)14-7-9-19-10-8-14/h3,6-11,13,15,21H,4-5H2,1-2H3,(H,20,22). The lowest BCUT2D eigenvalue weighted by Crippen LogP contribution is -2.29. The number of sulfonamides is 1. The second kappa shape index (κ2) is 6.93. The highest BCUT2D eigenvalue weighted by Crippen LogP contribution is 2.23. The van der Waals surface area contributed by atoms with Gasteiger partial charge in [-0.25, -0.2) is 13.1 Å². The van der Waals surface area contributed by atoms with Crippen molar-refractivity contribution < 1.29 is 13.2 Å². The number of hydrogen-bond donors (Lipinski definition) is 2. The normalized spacial score (nSPS) is 15.6. The van der Waals surface area contributed by atoms with Crippen molar-refractivity contribution in [3.63, 3.8) is 0 Å². The predicted molar refractivity (Wildman–Crippen MR) is 94.6 cm³/mol. The van der Waals surface area contributed by atoms with E-state index < -0.39 is 10.0 Å². The molecule has 1 aliphatic rings. The van der Waals surface area contributed by atoms with Crippen LogP contribution >= 0.6 is 0 Å². The van der Waals surface area contributed by atoms with E-state index in [1.165, 1.54) is 12.1 Å². The molecular formula is C18H21N3O3S. The van der Waals surface area contributed by atoms with Crippen molar-refractivity contribution in [1.29, 1.82) is 0 Å². The lowest BCUT2D eigenvalue weighted by molar-refractivity contribution is 0.0939. The van der Waals surface area contributed by atoms with Gasteiger partial charge in [0.25, 0.3) is 5.91 Å². The number of benzene rings is 1. The summed E-state index contributed by atoms with van der Waals surface area (Å²) in [4.78, 5) is 16.7. The van der Waals surface area contributed by atoms with Gasteiger partial charge in [0.1, 0.15) is 0 Å². The number of hydrogen-bond acceptors (Lipinski definition) is 4. The zero-order valence-corrected chi connectivity index (χ0v) is 15.0. The molecule has 1 unspecified atom stereocenters. The van der Waals surface area contributed by atoms with Crippen molar-refractivity contribution in [3.05, 3.63) is 59.4 Å². The first-order valence-corrected chi connectivity index (χ1v) is 9.69. The summed E-state index contributed by atoms with van der Waals surface area (Å²) in [6.45, 7) is 3.66. The lowest BCUT2D eigenvalue weighted by atomic mass is 10.1. The topological polar surface area (TPSA) is 88.2 Å². The van der Waals surface area contributed by atoms with Crippen molar-refractivity contribution in [2.45, 2.75) is 43.7 Å². The molecule has 0 bridgehead atoms. The molecule has 0 radical (unpaired) electrons. The van der Waals surface area contributed by atoms with Gasteiger partial charge in [-0.05, 0) is 62.1 Å². The van der Waals surface area contributed by atoms with Gasteiger partial charge in [-0.15, -0.1) is 0 Å². The number of aromatic nitrogens is 1. The fourth-order valence-electron chi connectivity index (χ4n) is 2.51. The maximum absolute atomic E-state index is 12.6. The molecular weight excluding hydrogens is 338 g/mol. The van der Waals surface area contributed by atoms with Crippen LogP contribution in [0.1, 0.15) is 47.3 Å². The largest absolute Gasteiger partial charge is 0.346 e. The minimum atomic E-state index is -3.59. The van der Waals surface area contributed by atoms with E-state index in [1.54, 1.807) is 25.4 Å². The molecule has 6 nitrogen and oxygen atoms in total. The molecule has 1 amide bonds. The molecule has 132 valence electrons. The summed E-state index contributed by atoms with van der Waals surface area (Å²) in [5, 5.41) is 2.90. The molecule has 1 fully saturated rings. The maximum atomic E-state index is 12.6. The van der Waals surface area contributed by atoms with Crippen LogP contribution in [0.2, 0.25) is 0 Å². The number of pyridine rings is 1. The van der Waals surface area contributed by atoms with Crippen molar-refractivity contribution in [3.8, 4) is 0 Å². The first-order chi connectivity index (χ1) is 11.9. The molecule has 0 saturated heterocycles. The molecule has 2 N–H and O–H groups in total. The number of carbonyl (C=O) groups excluding carboxylic acids is 1. The van der Waals surface area contributed by atoms with Gasteiger partial charge in [-0.1, -0.05) is 6.07 Å². The summed E-state index contributed by atoms with van der Waals surface area (Å²) < 4.78 is 27.4. The van der Waals surface area contributed by atoms with Gasteiger partial charge in [0, 0.05) is 24.0 Å². The average Bonchev–Trinajstić information content (AvgIpc) is 3.39. The Balaban J connectivity index is 1.81. The van der Waals surface area contributed by atoms with Crippen LogP contribution in [-0.4, -0.2) is 25.4 Å². The van der Waals surface area contributed by atoms with E-state index in [4.69, 9.17) is 0 Å². The number of aryl methyl sites for hydroxylation is 1. The molecule has 2 aromatic rings. The highest BCUT2D eigenvalue weighted by molar-refractivity contribution is 7.89. The minimum Gasteiger partial charge on any atom is -0.346 e. The Morgan fingerprint density at radius 2 is 1.88 bits per heavy atom. The zero-order chi connectivity index (χ0) is 18.0. The lowest BCUT2D eigenvalue weighted by Gasteiger charge is -2.16. The van der Waals surface area contributed by atoms with Crippen molar-refractivity contribution in [1.82, 2.24) is 15.0 Å². The Hall–Kier alpha value is -2.25. The van der Waals surface area contributed by atoms with Gasteiger partial charge in [0.15, 0.2) is 0 Å². The molecule has 3 rings (SSSR count). The molecule has 1 aromatic carbocycles. The van der Waals surface area contributed by atoms with Crippen LogP contribution in [0.5, 0.6) is 0 Å². The zero-order valence-electron chi connectivity index (χ0n) is 14.2. The van der Waals surface area contributed by atoms with Crippen LogP contribution in [0.3, 0.4) is 0 Å². The molecule has 1 aromatic heterocycles. The van der Waals surface area contributed by atoms with E-state index in [-0.39, 0.29) is 22.9 Å². The van der Waals surface area contributed by atoms with Gasteiger partial charge >= 0.3 is 0 Å². The molecule has 7 heteroatoms. The minimum absolute atomic E-state index is 0.0234. The Kier molecular flexibility index (Phi) is 4.87. The van der Waals surface area contributed by atoms with Crippen LogP contribution in [0, 0.1) is 6.92 Å². The van der Waals surface area contributed by atoms with Crippen LogP contribution in [0.25, 0.3) is 0 Å². The maximum Gasteiger partial charge on any atom is 0.252 e. The van der Waals surface area contributed by atoms with Crippen molar-refractivity contribution in [2.75, 3.05) is 0 Å². The molecule has 1 saturated carbocycles. The Labute approximate surface area is 147 Å². The second-order valence-corrected chi connectivity index (χ2v) is 8.06. The number of rotatable bonds is 6. The van der Waals surface area contributed by atoms with Crippen LogP contribution < -0.4 is 10.0 Å². The monoisotopic (exact) mass is 359 g/mol. The van der Waals surface area contributed by atoms with Crippen LogP contribution in [0.15, 0.2) is 47.6 Å². The fourth-order valence-corrected chi connectivity index (χ4v) is 3.84. The van der Waals surface area contributed by atoms with Crippen LogP contribution in [0.4, 0.5) is 0 Å². The van der Waals surface area contributed by atoms with E-state index in [0.29, 0.717) is 5.56 Å². The molecule has 25 heavy (non-hydrogen) atoms. The van der Waals surface area contributed by atoms with E-state index in [0.717, 1.165) is 24.0 Å². The molecule has 0 aliphatic heterocycles. The highest BCUT2D eigenvalue weighted by Gasteiger charge is 2.28. The Bertz CT molecular complexity index is 878. The summed E-state index contributed by atoms with van der Waals surface area (Å²) in [6, 6.07) is 8.11. The number of nitrogens with zero attached hydrogens (tertiary/aromatic N) is 1. The van der Waals surface area contributed by atoms with Crippen LogP contribution in [-0.2, 0) is 10.0 Å². The molecule has 0 spiro atoms. The van der Waals surface area contributed by atoms with E-state index in [2.05, 4.69) is 15.0 Å².